The Bertz CT molecular complexity index is 584. The van der Waals surface area contributed by atoms with Crippen LogP contribution in [0.25, 0.3) is 0 Å². The molecule has 0 saturated carbocycles. The molecule has 0 amide bonds. The monoisotopic (exact) mass is 272 g/mol. The van der Waals surface area contributed by atoms with E-state index in [2.05, 4.69) is 0 Å². The molecule has 2 rings (SSSR count). The van der Waals surface area contributed by atoms with Crippen molar-refractivity contribution in [2.75, 3.05) is 7.11 Å². The highest BCUT2D eigenvalue weighted by Crippen LogP contribution is 2.20. The molecular formula is C15H17BO4. The highest BCUT2D eigenvalue weighted by Gasteiger charge is 2.17. The Kier molecular flexibility index (Phi) is 4.66. The third-order valence-electron chi connectivity index (χ3n) is 3.02. The lowest BCUT2D eigenvalue weighted by molar-refractivity contribution is 0.297. The van der Waals surface area contributed by atoms with Gasteiger partial charge in [0.1, 0.15) is 18.1 Å². The standard InChI is InChI=1S/C15H17BO4/c1-11-7-8-15(13(9-11)16(17)18)20-10-12-5-3-4-6-14(12)19-2/h3-9,17-18H,10H2,1-2H3. The molecule has 0 aliphatic carbocycles. The summed E-state index contributed by atoms with van der Waals surface area (Å²) in [5.74, 6) is 1.20. The minimum absolute atomic E-state index is 0.298. The topological polar surface area (TPSA) is 58.9 Å². The zero-order valence-corrected chi connectivity index (χ0v) is 11.5. The van der Waals surface area contributed by atoms with E-state index in [-0.39, 0.29) is 0 Å². The van der Waals surface area contributed by atoms with Gasteiger partial charge in [0.05, 0.1) is 7.11 Å². The molecule has 0 unspecified atom stereocenters. The SMILES string of the molecule is COc1ccccc1COc1ccc(C)cc1B(O)O. The number of methoxy groups -OCH3 is 1. The van der Waals surface area contributed by atoms with Crippen LogP contribution in [0.15, 0.2) is 42.5 Å². The predicted molar refractivity (Wildman–Crippen MR) is 78.3 cm³/mol. The molecule has 0 aliphatic heterocycles. The summed E-state index contributed by atoms with van der Waals surface area (Å²) >= 11 is 0. The maximum absolute atomic E-state index is 9.38. The minimum Gasteiger partial charge on any atom is -0.496 e. The van der Waals surface area contributed by atoms with Crippen LogP contribution in [0.5, 0.6) is 11.5 Å². The number of para-hydroxylation sites is 1. The van der Waals surface area contributed by atoms with E-state index in [1.807, 2.05) is 37.3 Å². The van der Waals surface area contributed by atoms with Crippen molar-refractivity contribution in [3.05, 3.63) is 53.6 Å². The minimum atomic E-state index is -1.55. The van der Waals surface area contributed by atoms with Gasteiger partial charge in [0.25, 0.3) is 0 Å². The summed E-state index contributed by atoms with van der Waals surface area (Å²) in [7, 11) is 0.0516. The molecule has 2 aromatic rings. The first-order valence-corrected chi connectivity index (χ1v) is 6.33. The molecule has 0 radical (unpaired) electrons. The van der Waals surface area contributed by atoms with E-state index in [4.69, 9.17) is 9.47 Å². The molecule has 2 aromatic carbocycles. The van der Waals surface area contributed by atoms with Crippen LogP contribution in [0.4, 0.5) is 0 Å². The van der Waals surface area contributed by atoms with Gasteiger partial charge in [-0.3, -0.25) is 0 Å². The molecule has 5 heteroatoms. The molecule has 0 saturated heterocycles. The smallest absolute Gasteiger partial charge is 0.492 e. The van der Waals surface area contributed by atoms with Gasteiger partial charge >= 0.3 is 7.12 Å². The third-order valence-corrected chi connectivity index (χ3v) is 3.02. The fourth-order valence-corrected chi connectivity index (χ4v) is 1.98. The van der Waals surface area contributed by atoms with E-state index in [1.165, 1.54) is 0 Å². The first-order valence-electron chi connectivity index (χ1n) is 6.33. The Balaban J connectivity index is 2.19. The fraction of sp³-hybridized carbons (Fsp3) is 0.200. The van der Waals surface area contributed by atoms with Crippen molar-refractivity contribution >= 4 is 12.6 Å². The van der Waals surface area contributed by atoms with E-state index in [0.29, 0.717) is 17.8 Å². The molecule has 0 spiro atoms. The Morgan fingerprint density at radius 2 is 1.80 bits per heavy atom. The van der Waals surface area contributed by atoms with Gasteiger partial charge in [0.2, 0.25) is 0 Å². The van der Waals surface area contributed by atoms with Crippen molar-refractivity contribution in [1.82, 2.24) is 0 Å². The largest absolute Gasteiger partial charge is 0.496 e. The zero-order valence-electron chi connectivity index (χ0n) is 11.5. The lowest BCUT2D eigenvalue weighted by Gasteiger charge is -2.13. The molecular weight excluding hydrogens is 255 g/mol. The highest BCUT2D eigenvalue weighted by atomic mass is 16.5. The van der Waals surface area contributed by atoms with Crippen LogP contribution in [-0.4, -0.2) is 24.3 Å². The van der Waals surface area contributed by atoms with Crippen LogP contribution >= 0.6 is 0 Å². The molecule has 0 atom stereocenters. The summed E-state index contributed by atoms with van der Waals surface area (Å²) in [5, 5.41) is 18.8. The summed E-state index contributed by atoms with van der Waals surface area (Å²) in [6.07, 6.45) is 0. The highest BCUT2D eigenvalue weighted by molar-refractivity contribution is 6.59. The summed E-state index contributed by atoms with van der Waals surface area (Å²) in [4.78, 5) is 0. The molecule has 2 N–H and O–H groups in total. The third kappa shape index (κ3) is 3.32. The fourth-order valence-electron chi connectivity index (χ4n) is 1.98. The second-order valence-electron chi connectivity index (χ2n) is 4.52. The average Bonchev–Trinajstić information content (AvgIpc) is 2.46. The first-order chi connectivity index (χ1) is 9.61. The van der Waals surface area contributed by atoms with Crippen molar-refractivity contribution in [2.45, 2.75) is 13.5 Å². The van der Waals surface area contributed by atoms with Crippen molar-refractivity contribution in [3.8, 4) is 11.5 Å². The summed E-state index contributed by atoms with van der Waals surface area (Å²) in [6.45, 7) is 2.18. The quantitative estimate of drug-likeness (QED) is 0.804. The maximum Gasteiger partial charge on any atom is 0.492 e. The van der Waals surface area contributed by atoms with Crippen LogP contribution in [0, 0.1) is 6.92 Å². The normalized spacial score (nSPS) is 10.2. The van der Waals surface area contributed by atoms with Gasteiger partial charge in [-0.15, -0.1) is 0 Å². The lowest BCUT2D eigenvalue weighted by atomic mass is 9.79. The number of ether oxygens (including phenoxy) is 2. The van der Waals surface area contributed by atoms with Gasteiger partial charge in [0.15, 0.2) is 0 Å². The van der Waals surface area contributed by atoms with E-state index in [0.717, 1.165) is 16.9 Å². The zero-order chi connectivity index (χ0) is 14.5. The molecule has 0 bridgehead atoms. The molecule has 104 valence electrons. The number of hydrogen-bond donors (Lipinski definition) is 2. The average molecular weight is 272 g/mol. The molecule has 20 heavy (non-hydrogen) atoms. The molecule has 4 nitrogen and oxygen atoms in total. The van der Waals surface area contributed by atoms with Gasteiger partial charge in [-0.05, 0) is 19.1 Å². The van der Waals surface area contributed by atoms with Gasteiger partial charge < -0.3 is 19.5 Å². The second kappa shape index (κ2) is 6.46. The molecule has 0 heterocycles. The van der Waals surface area contributed by atoms with Gasteiger partial charge in [-0.2, -0.15) is 0 Å². The van der Waals surface area contributed by atoms with Crippen molar-refractivity contribution in [2.24, 2.45) is 0 Å². The van der Waals surface area contributed by atoms with E-state index in [9.17, 15) is 10.0 Å². The predicted octanol–water partition coefficient (Wildman–Crippen LogP) is 1.26. The van der Waals surface area contributed by atoms with Crippen LogP contribution in [0.1, 0.15) is 11.1 Å². The molecule has 0 aliphatic rings. The number of benzene rings is 2. The van der Waals surface area contributed by atoms with E-state index < -0.39 is 7.12 Å². The van der Waals surface area contributed by atoms with Crippen LogP contribution in [-0.2, 0) is 6.61 Å². The van der Waals surface area contributed by atoms with Gasteiger partial charge in [-0.1, -0.05) is 35.9 Å². The lowest BCUT2D eigenvalue weighted by Crippen LogP contribution is -2.31. The van der Waals surface area contributed by atoms with Crippen molar-refractivity contribution < 1.29 is 19.5 Å². The maximum atomic E-state index is 9.38. The van der Waals surface area contributed by atoms with Crippen LogP contribution in [0.2, 0.25) is 0 Å². The van der Waals surface area contributed by atoms with Crippen molar-refractivity contribution in [1.29, 1.82) is 0 Å². The van der Waals surface area contributed by atoms with E-state index in [1.54, 1.807) is 19.2 Å². The summed E-state index contributed by atoms with van der Waals surface area (Å²) in [6, 6.07) is 12.8. The number of aryl methyl sites for hydroxylation is 1. The Hall–Kier alpha value is -1.98. The van der Waals surface area contributed by atoms with Gasteiger partial charge in [0, 0.05) is 11.0 Å². The Morgan fingerprint density at radius 3 is 2.50 bits per heavy atom. The summed E-state index contributed by atoms with van der Waals surface area (Å²) in [5.41, 5.74) is 2.20. The van der Waals surface area contributed by atoms with Crippen molar-refractivity contribution in [3.63, 3.8) is 0 Å². The Labute approximate surface area is 118 Å². The number of rotatable bonds is 5. The van der Waals surface area contributed by atoms with E-state index >= 15 is 0 Å². The first kappa shape index (κ1) is 14.4. The molecule has 0 fully saturated rings. The second-order valence-corrected chi connectivity index (χ2v) is 4.52. The van der Waals surface area contributed by atoms with Crippen LogP contribution < -0.4 is 14.9 Å². The summed E-state index contributed by atoms with van der Waals surface area (Å²) < 4.78 is 10.9. The number of hydrogen-bond acceptors (Lipinski definition) is 4. The Morgan fingerprint density at radius 1 is 1.05 bits per heavy atom. The molecule has 0 aromatic heterocycles. The van der Waals surface area contributed by atoms with Crippen LogP contribution in [0.3, 0.4) is 0 Å². The van der Waals surface area contributed by atoms with Gasteiger partial charge in [-0.25, -0.2) is 0 Å².